The number of hydrogen-bond donors (Lipinski definition) is 2. The number of carbonyl (C=O) groups excluding carboxylic acids is 2. The molecule has 0 aliphatic rings. The summed E-state index contributed by atoms with van der Waals surface area (Å²) < 4.78 is 5.25. The van der Waals surface area contributed by atoms with Gasteiger partial charge in [-0.15, -0.1) is 0 Å². The van der Waals surface area contributed by atoms with Crippen LogP contribution in [0.4, 0.5) is 5.69 Å². The molecule has 0 aromatic carbocycles. The summed E-state index contributed by atoms with van der Waals surface area (Å²) in [5, 5.41) is 3.24. The van der Waals surface area contributed by atoms with E-state index in [-0.39, 0.29) is 17.2 Å². The Balaban J connectivity index is 2.31. The van der Waals surface area contributed by atoms with E-state index >= 15 is 0 Å². The lowest BCUT2D eigenvalue weighted by atomic mass is 10.2. The highest BCUT2D eigenvalue weighted by atomic mass is 16.4. The van der Waals surface area contributed by atoms with Crippen molar-refractivity contribution in [2.75, 3.05) is 5.32 Å². The van der Waals surface area contributed by atoms with Crippen LogP contribution in [0.5, 0.6) is 0 Å². The summed E-state index contributed by atoms with van der Waals surface area (Å²) in [4.78, 5) is 26.8. The van der Waals surface area contributed by atoms with Crippen molar-refractivity contribution in [3.05, 3.63) is 35.9 Å². The Labute approximate surface area is 109 Å². The highest BCUT2D eigenvalue weighted by Gasteiger charge is 2.11. The minimum Gasteiger partial charge on any atom is -0.435 e. The summed E-state index contributed by atoms with van der Waals surface area (Å²) >= 11 is 0. The van der Waals surface area contributed by atoms with Gasteiger partial charge in [-0.05, 0) is 19.1 Å². The van der Waals surface area contributed by atoms with E-state index in [2.05, 4.69) is 10.3 Å². The van der Waals surface area contributed by atoms with Crippen molar-refractivity contribution in [1.29, 1.82) is 0 Å². The fourth-order valence-corrected chi connectivity index (χ4v) is 1.51. The standard InChI is InChI=1S/C13H13N3O3/c1-3-10(14)12(18)16-9-4-8-5-11(7(2)17)19-13(8)15-6-9/h3-6H,14H2,1-2H3,(H,16,18)/b10-3-. The van der Waals surface area contributed by atoms with E-state index in [1.54, 1.807) is 19.1 Å². The number of Topliss-reactive ketones (excluding diaryl/α,β-unsaturated/α-hetero) is 1. The number of furan rings is 1. The van der Waals surface area contributed by atoms with Crippen molar-refractivity contribution in [2.45, 2.75) is 13.8 Å². The molecule has 3 N–H and O–H groups in total. The average molecular weight is 259 g/mol. The maximum atomic E-state index is 11.6. The van der Waals surface area contributed by atoms with Crippen LogP contribution in [0.1, 0.15) is 24.4 Å². The lowest BCUT2D eigenvalue weighted by molar-refractivity contribution is -0.112. The van der Waals surface area contributed by atoms with E-state index in [4.69, 9.17) is 10.2 Å². The summed E-state index contributed by atoms with van der Waals surface area (Å²) in [6.45, 7) is 3.08. The number of amides is 1. The van der Waals surface area contributed by atoms with Crippen molar-refractivity contribution in [3.8, 4) is 0 Å². The monoisotopic (exact) mass is 259 g/mol. The molecule has 0 saturated heterocycles. The number of hydrogen-bond acceptors (Lipinski definition) is 5. The number of nitrogens with zero attached hydrogens (tertiary/aromatic N) is 1. The van der Waals surface area contributed by atoms with E-state index in [1.807, 2.05) is 0 Å². The van der Waals surface area contributed by atoms with Crippen LogP contribution in [-0.2, 0) is 4.79 Å². The van der Waals surface area contributed by atoms with Gasteiger partial charge in [0, 0.05) is 12.3 Å². The second kappa shape index (κ2) is 4.93. The van der Waals surface area contributed by atoms with Crippen molar-refractivity contribution in [1.82, 2.24) is 4.98 Å². The van der Waals surface area contributed by atoms with Crippen LogP contribution in [0.3, 0.4) is 0 Å². The molecule has 0 radical (unpaired) electrons. The van der Waals surface area contributed by atoms with Crippen LogP contribution < -0.4 is 11.1 Å². The first kappa shape index (κ1) is 12.8. The van der Waals surface area contributed by atoms with Gasteiger partial charge in [0.25, 0.3) is 5.91 Å². The lowest BCUT2D eigenvalue weighted by Gasteiger charge is -2.03. The van der Waals surface area contributed by atoms with Gasteiger partial charge in [0.05, 0.1) is 17.6 Å². The number of rotatable bonds is 3. The van der Waals surface area contributed by atoms with E-state index in [0.717, 1.165) is 0 Å². The predicted molar refractivity (Wildman–Crippen MR) is 70.6 cm³/mol. The van der Waals surface area contributed by atoms with Crippen LogP contribution in [0, 0.1) is 0 Å². The number of fused-ring (bicyclic) bond motifs is 1. The fraction of sp³-hybridized carbons (Fsp3) is 0.154. The van der Waals surface area contributed by atoms with Gasteiger partial charge in [0.2, 0.25) is 5.71 Å². The van der Waals surface area contributed by atoms with Crippen LogP contribution in [-0.4, -0.2) is 16.7 Å². The van der Waals surface area contributed by atoms with Crippen LogP contribution in [0.25, 0.3) is 11.1 Å². The second-order valence-electron chi connectivity index (χ2n) is 3.98. The third-order valence-electron chi connectivity index (χ3n) is 2.55. The first-order valence-corrected chi connectivity index (χ1v) is 5.65. The topological polar surface area (TPSA) is 98.2 Å². The van der Waals surface area contributed by atoms with Gasteiger partial charge in [-0.1, -0.05) is 6.08 Å². The first-order valence-electron chi connectivity index (χ1n) is 5.65. The van der Waals surface area contributed by atoms with Crippen LogP contribution in [0.2, 0.25) is 0 Å². The van der Waals surface area contributed by atoms with Crippen molar-refractivity contribution < 1.29 is 14.0 Å². The molecular weight excluding hydrogens is 246 g/mol. The molecule has 6 heteroatoms. The Bertz CT molecular complexity index is 685. The molecule has 6 nitrogen and oxygen atoms in total. The number of carbonyl (C=O) groups is 2. The fourth-order valence-electron chi connectivity index (χ4n) is 1.51. The smallest absolute Gasteiger partial charge is 0.271 e. The molecule has 0 atom stereocenters. The van der Waals surface area contributed by atoms with Gasteiger partial charge in [-0.2, -0.15) is 0 Å². The first-order chi connectivity index (χ1) is 9.01. The van der Waals surface area contributed by atoms with Gasteiger partial charge in [-0.25, -0.2) is 4.98 Å². The number of allylic oxidation sites excluding steroid dienone is 1. The molecule has 2 aromatic rings. The average Bonchev–Trinajstić information content (AvgIpc) is 2.81. The number of ketones is 1. The van der Waals surface area contributed by atoms with Crippen molar-refractivity contribution >= 4 is 28.5 Å². The van der Waals surface area contributed by atoms with Crippen LogP contribution in [0.15, 0.2) is 34.5 Å². The molecule has 1 amide bonds. The maximum absolute atomic E-state index is 11.6. The Morgan fingerprint density at radius 2 is 2.16 bits per heavy atom. The number of aromatic nitrogens is 1. The Hall–Kier alpha value is -2.63. The van der Waals surface area contributed by atoms with Gasteiger partial charge in [0.15, 0.2) is 11.5 Å². The molecule has 2 aromatic heterocycles. The van der Waals surface area contributed by atoms with Crippen LogP contribution >= 0.6 is 0 Å². The molecule has 19 heavy (non-hydrogen) atoms. The van der Waals surface area contributed by atoms with Crippen molar-refractivity contribution in [2.24, 2.45) is 5.73 Å². The summed E-state index contributed by atoms with van der Waals surface area (Å²) in [6.07, 6.45) is 2.95. The molecule has 2 rings (SSSR count). The van der Waals surface area contributed by atoms with Crippen molar-refractivity contribution in [3.63, 3.8) is 0 Å². The number of nitrogens with one attached hydrogen (secondary N) is 1. The molecule has 0 bridgehead atoms. The second-order valence-corrected chi connectivity index (χ2v) is 3.98. The minimum absolute atomic E-state index is 0.122. The minimum atomic E-state index is -0.404. The van der Waals surface area contributed by atoms with E-state index in [9.17, 15) is 9.59 Å². The largest absolute Gasteiger partial charge is 0.435 e. The van der Waals surface area contributed by atoms with E-state index < -0.39 is 5.91 Å². The Morgan fingerprint density at radius 3 is 2.79 bits per heavy atom. The third-order valence-corrected chi connectivity index (χ3v) is 2.55. The van der Waals surface area contributed by atoms with Gasteiger partial charge >= 0.3 is 0 Å². The number of nitrogens with two attached hydrogens (primary N) is 1. The Kier molecular flexibility index (Phi) is 3.33. The molecular formula is C13H13N3O3. The molecule has 0 aliphatic heterocycles. The molecule has 2 heterocycles. The number of anilines is 1. The highest BCUT2D eigenvalue weighted by Crippen LogP contribution is 2.21. The summed E-state index contributed by atoms with van der Waals surface area (Å²) in [5.74, 6) is -0.348. The zero-order valence-corrected chi connectivity index (χ0v) is 10.6. The summed E-state index contributed by atoms with van der Waals surface area (Å²) in [6, 6.07) is 3.25. The SMILES string of the molecule is C/C=C(\N)C(=O)Nc1cnc2oc(C(C)=O)cc2c1. The summed E-state index contributed by atoms with van der Waals surface area (Å²) in [5.41, 5.74) is 6.44. The number of pyridine rings is 1. The predicted octanol–water partition coefficient (Wildman–Crippen LogP) is 1.83. The molecule has 98 valence electrons. The maximum Gasteiger partial charge on any atom is 0.271 e. The van der Waals surface area contributed by atoms with E-state index in [1.165, 1.54) is 19.2 Å². The molecule has 0 unspecified atom stereocenters. The molecule has 0 spiro atoms. The molecule has 0 saturated carbocycles. The normalized spacial score (nSPS) is 11.6. The zero-order chi connectivity index (χ0) is 14.0. The Morgan fingerprint density at radius 1 is 1.42 bits per heavy atom. The third kappa shape index (κ3) is 2.62. The van der Waals surface area contributed by atoms with E-state index in [0.29, 0.717) is 16.8 Å². The molecule has 0 fully saturated rings. The summed E-state index contributed by atoms with van der Waals surface area (Å²) in [7, 11) is 0. The van der Waals surface area contributed by atoms with Gasteiger partial charge in [0.1, 0.15) is 0 Å². The highest BCUT2D eigenvalue weighted by molar-refractivity contribution is 6.03. The van der Waals surface area contributed by atoms with Gasteiger partial charge < -0.3 is 15.5 Å². The molecule has 0 aliphatic carbocycles. The zero-order valence-electron chi connectivity index (χ0n) is 10.6. The lowest BCUT2D eigenvalue weighted by Crippen LogP contribution is -2.19. The van der Waals surface area contributed by atoms with Gasteiger partial charge in [-0.3, -0.25) is 9.59 Å². The quantitative estimate of drug-likeness (QED) is 0.647.